The summed E-state index contributed by atoms with van der Waals surface area (Å²) in [5, 5.41) is 13.4. The first-order valence-electron chi connectivity index (χ1n) is 7.98. The van der Waals surface area contributed by atoms with Crippen LogP contribution in [0.15, 0.2) is 24.3 Å². The third kappa shape index (κ3) is 2.70. The number of aromatic hydroxyl groups is 1. The molecule has 0 amide bonds. The molecule has 2 bridgehead atoms. The minimum Gasteiger partial charge on any atom is -0.508 e. The van der Waals surface area contributed by atoms with Gasteiger partial charge in [-0.3, -0.25) is 4.90 Å². The number of hydrogen-bond donors (Lipinski definition) is 2. The van der Waals surface area contributed by atoms with Gasteiger partial charge in [0.15, 0.2) is 0 Å². The standard InChI is InChI=1S/C17H26N2O/c1-3-19(12(2)13-5-4-6-17(20)9-13)16-10-14-7-8-15(11-16)18-14/h4-6,9,12,14-16,18,20H,3,7-8,10-11H2,1-2H3. The van der Waals surface area contributed by atoms with E-state index < -0.39 is 0 Å². The first-order valence-corrected chi connectivity index (χ1v) is 7.98. The van der Waals surface area contributed by atoms with Crippen LogP contribution >= 0.6 is 0 Å². The van der Waals surface area contributed by atoms with Crippen LogP contribution in [0, 0.1) is 0 Å². The van der Waals surface area contributed by atoms with Gasteiger partial charge >= 0.3 is 0 Å². The Bertz CT molecular complexity index is 450. The molecular weight excluding hydrogens is 248 g/mol. The van der Waals surface area contributed by atoms with E-state index in [1.54, 1.807) is 6.07 Å². The lowest BCUT2D eigenvalue weighted by molar-refractivity contribution is 0.107. The summed E-state index contributed by atoms with van der Waals surface area (Å²) in [6.07, 6.45) is 5.24. The number of nitrogens with one attached hydrogen (secondary N) is 1. The van der Waals surface area contributed by atoms with Crippen molar-refractivity contribution in [1.29, 1.82) is 0 Å². The van der Waals surface area contributed by atoms with Crippen molar-refractivity contribution in [3.8, 4) is 5.75 Å². The van der Waals surface area contributed by atoms with Crippen LogP contribution in [0.25, 0.3) is 0 Å². The summed E-state index contributed by atoms with van der Waals surface area (Å²) in [5.74, 6) is 0.371. The molecule has 2 saturated heterocycles. The number of benzene rings is 1. The van der Waals surface area contributed by atoms with E-state index in [1.165, 1.54) is 31.2 Å². The Morgan fingerprint density at radius 1 is 1.30 bits per heavy atom. The molecule has 2 aliphatic rings. The number of fused-ring (bicyclic) bond motifs is 2. The normalized spacial score (nSPS) is 30.6. The van der Waals surface area contributed by atoms with Gasteiger partial charge in [0, 0.05) is 24.2 Å². The molecule has 3 rings (SSSR count). The molecule has 20 heavy (non-hydrogen) atoms. The molecule has 2 fully saturated rings. The van der Waals surface area contributed by atoms with Crippen molar-refractivity contribution in [2.24, 2.45) is 0 Å². The van der Waals surface area contributed by atoms with E-state index in [4.69, 9.17) is 0 Å². The molecule has 1 aromatic rings. The third-order valence-corrected chi connectivity index (χ3v) is 5.13. The van der Waals surface area contributed by atoms with Crippen LogP contribution in [-0.2, 0) is 0 Å². The van der Waals surface area contributed by atoms with E-state index in [2.05, 4.69) is 30.1 Å². The summed E-state index contributed by atoms with van der Waals surface area (Å²) in [5.41, 5.74) is 1.22. The molecule has 0 radical (unpaired) electrons. The number of phenols is 1. The molecule has 3 nitrogen and oxygen atoms in total. The van der Waals surface area contributed by atoms with Crippen LogP contribution in [0.3, 0.4) is 0 Å². The zero-order valence-electron chi connectivity index (χ0n) is 12.5. The van der Waals surface area contributed by atoms with Gasteiger partial charge in [-0.1, -0.05) is 19.1 Å². The molecule has 0 aliphatic carbocycles. The van der Waals surface area contributed by atoms with Crippen LogP contribution in [0.1, 0.15) is 51.1 Å². The SMILES string of the molecule is CCN(C1CC2CCC(C1)N2)C(C)c1cccc(O)c1. The van der Waals surface area contributed by atoms with Gasteiger partial charge in [-0.05, 0) is 56.8 Å². The van der Waals surface area contributed by atoms with Crippen LogP contribution in [0.2, 0.25) is 0 Å². The Morgan fingerprint density at radius 2 is 2.00 bits per heavy atom. The van der Waals surface area contributed by atoms with E-state index in [1.807, 2.05) is 12.1 Å². The molecular formula is C17H26N2O. The third-order valence-electron chi connectivity index (χ3n) is 5.13. The fourth-order valence-corrected chi connectivity index (χ4v) is 4.12. The van der Waals surface area contributed by atoms with Crippen molar-refractivity contribution in [2.75, 3.05) is 6.54 Å². The summed E-state index contributed by atoms with van der Waals surface area (Å²) in [6.45, 7) is 5.59. The molecule has 2 heterocycles. The Labute approximate surface area is 122 Å². The van der Waals surface area contributed by atoms with Crippen molar-refractivity contribution in [2.45, 2.75) is 63.7 Å². The molecule has 0 spiro atoms. The van der Waals surface area contributed by atoms with Crippen LogP contribution < -0.4 is 5.32 Å². The maximum Gasteiger partial charge on any atom is 0.115 e. The van der Waals surface area contributed by atoms with Crippen molar-refractivity contribution < 1.29 is 5.11 Å². The van der Waals surface area contributed by atoms with Crippen LogP contribution in [0.5, 0.6) is 5.75 Å². The maximum absolute atomic E-state index is 9.69. The second-order valence-corrected chi connectivity index (χ2v) is 6.36. The number of piperidine rings is 1. The monoisotopic (exact) mass is 274 g/mol. The minimum absolute atomic E-state index is 0.370. The first-order chi connectivity index (χ1) is 9.67. The lowest BCUT2D eigenvalue weighted by atomic mass is 9.95. The zero-order chi connectivity index (χ0) is 14.1. The minimum atomic E-state index is 0.370. The van der Waals surface area contributed by atoms with Crippen LogP contribution in [0.4, 0.5) is 0 Å². The van der Waals surface area contributed by atoms with Gasteiger partial charge in [0.1, 0.15) is 5.75 Å². The van der Waals surface area contributed by atoms with Gasteiger partial charge in [-0.15, -0.1) is 0 Å². The molecule has 110 valence electrons. The Balaban J connectivity index is 1.75. The van der Waals surface area contributed by atoms with Gasteiger partial charge in [0.2, 0.25) is 0 Å². The smallest absolute Gasteiger partial charge is 0.115 e. The van der Waals surface area contributed by atoms with E-state index in [9.17, 15) is 5.11 Å². The van der Waals surface area contributed by atoms with Crippen LogP contribution in [-0.4, -0.2) is 34.7 Å². The topological polar surface area (TPSA) is 35.5 Å². The maximum atomic E-state index is 9.69. The highest BCUT2D eigenvalue weighted by Gasteiger charge is 2.37. The summed E-state index contributed by atoms with van der Waals surface area (Å²) >= 11 is 0. The predicted molar refractivity (Wildman–Crippen MR) is 81.9 cm³/mol. The Morgan fingerprint density at radius 3 is 2.60 bits per heavy atom. The molecule has 0 saturated carbocycles. The Kier molecular flexibility index (Phi) is 3.99. The lowest BCUT2D eigenvalue weighted by Gasteiger charge is -2.40. The summed E-state index contributed by atoms with van der Waals surface area (Å²) < 4.78 is 0. The van der Waals surface area contributed by atoms with E-state index in [0.717, 1.165) is 18.6 Å². The van der Waals surface area contributed by atoms with Gasteiger partial charge < -0.3 is 10.4 Å². The van der Waals surface area contributed by atoms with Gasteiger partial charge in [0.25, 0.3) is 0 Å². The molecule has 3 unspecified atom stereocenters. The number of hydrogen-bond acceptors (Lipinski definition) is 3. The highest BCUT2D eigenvalue weighted by molar-refractivity contribution is 5.29. The fraction of sp³-hybridized carbons (Fsp3) is 0.647. The Hall–Kier alpha value is -1.06. The van der Waals surface area contributed by atoms with Crippen molar-refractivity contribution in [3.05, 3.63) is 29.8 Å². The average molecular weight is 274 g/mol. The van der Waals surface area contributed by atoms with Crippen molar-refractivity contribution in [1.82, 2.24) is 10.2 Å². The molecule has 3 atom stereocenters. The number of phenolic OH excluding ortho intramolecular Hbond substituents is 1. The summed E-state index contributed by atoms with van der Waals surface area (Å²) in [7, 11) is 0. The first kappa shape index (κ1) is 13.9. The van der Waals surface area contributed by atoms with E-state index in [-0.39, 0.29) is 0 Å². The van der Waals surface area contributed by atoms with Gasteiger partial charge in [-0.25, -0.2) is 0 Å². The van der Waals surface area contributed by atoms with E-state index in [0.29, 0.717) is 17.8 Å². The second kappa shape index (κ2) is 5.74. The second-order valence-electron chi connectivity index (χ2n) is 6.36. The largest absolute Gasteiger partial charge is 0.508 e. The molecule has 2 N–H and O–H groups in total. The number of rotatable bonds is 4. The highest BCUT2D eigenvalue weighted by atomic mass is 16.3. The molecule has 3 heteroatoms. The molecule has 0 aromatic heterocycles. The molecule has 2 aliphatic heterocycles. The molecule has 1 aromatic carbocycles. The number of nitrogens with zero attached hydrogens (tertiary/aromatic N) is 1. The predicted octanol–water partition coefficient (Wildman–Crippen LogP) is 3.06. The van der Waals surface area contributed by atoms with Gasteiger partial charge in [0.05, 0.1) is 0 Å². The van der Waals surface area contributed by atoms with Crippen molar-refractivity contribution in [3.63, 3.8) is 0 Å². The average Bonchev–Trinajstić information content (AvgIpc) is 2.78. The zero-order valence-corrected chi connectivity index (χ0v) is 12.5. The van der Waals surface area contributed by atoms with Gasteiger partial charge in [-0.2, -0.15) is 0 Å². The highest BCUT2D eigenvalue weighted by Crippen LogP contribution is 2.34. The summed E-state index contributed by atoms with van der Waals surface area (Å²) in [4.78, 5) is 2.61. The van der Waals surface area contributed by atoms with Crippen molar-refractivity contribution >= 4 is 0 Å². The van der Waals surface area contributed by atoms with E-state index >= 15 is 0 Å². The fourth-order valence-electron chi connectivity index (χ4n) is 4.12. The summed E-state index contributed by atoms with van der Waals surface area (Å²) in [6, 6.07) is 10.2. The lowest BCUT2D eigenvalue weighted by Crippen LogP contribution is -2.48. The quantitative estimate of drug-likeness (QED) is 0.886.